The van der Waals surface area contributed by atoms with E-state index in [9.17, 15) is 5.11 Å². The van der Waals surface area contributed by atoms with Crippen LogP contribution >= 0.6 is 0 Å². The second kappa shape index (κ2) is 9.81. The van der Waals surface area contributed by atoms with Crippen molar-refractivity contribution in [3.8, 4) is 17.0 Å². The van der Waals surface area contributed by atoms with E-state index in [-0.39, 0.29) is 6.61 Å². The third-order valence-corrected chi connectivity index (χ3v) is 4.49. The number of aromatic nitrogens is 3. The third kappa shape index (κ3) is 5.18. The molecule has 0 unspecified atom stereocenters. The molecule has 0 atom stereocenters. The van der Waals surface area contributed by atoms with Crippen LogP contribution in [0, 0.1) is 0 Å². The van der Waals surface area contributed by atoms with Gasteiger partial charge in [-0.05, 0) is 43.4 Å². The van der Waals surface area contributed by atoms with E-state index >= 15 is 0 Å². The van der Waals surface area contributed by atoms with Crippen LogP contribution in [0.3, 0.4) is 0 Å². The van der Waals surface area contributed by atoms with Gasteiger partial charge in [0.05, 0.1) is 19.4 Å². The highest BCUT2D eigenvalue weighted by molar-refractivity contribution is 5.63. The standard InChI is InChI=1S/C21H26N6O2/c1-22-10-11-27(2)20-7-4-15(13-24-20)18-8-9-23-21(26-18)25-17-5-6-19(29-3)16(12-17)14-28/h4-9,12-13,22,28H,10-11,14H2,1-3H3,(H,23,25,26). The fourth-order valence-electron chi connectivity index (χ4n) is 2.85. The number of benzene rings is 1. The number of nitrogens with one attached hydrogen (secondary N) is 2. The highest BCUT2D eigenvalue weighted by Gasteiger charge is 2.08. The summed E-state index contributed by atoms with van der Waals surface area (Å²) < 4.78 is 5.23. The maximum Gasteiger partial charge on any atom is 0.227 e. The monoisotopic (exact) mass is 394 g/mol. The van der Waals surface area contributed by atoms with Gasteiger partial charge in [-0.1, -0.05) is 0 Å². The zero-order valence-electron chi connectivity index (χ0n) is 16.9. The summed E-state index contributed by atoms with van der Waals surface area (Å²) in [7, 11) is 5.52. The molecule has 152 valence electrons. The summed E-state index contributed by atoms with van der Waals surface area (Å²) in [6, 6.07) is 11.3. The van der Waals surface area contributed by atoms with Crippen LogP contribution in [0.25, 0.3) is 11.3 Å². The van der Waals surface area contributed by atoms with Crippen LogP contribution in [0.4, 0.5) is 17.5 Å². The summed E-state index contributed by atoms with van der Waals surface area (Å²) in [5.74, 6) is 2.01. The summed E-state index contributed by atoms with van der Waals surface area (Å²) >= 11 is 0. The van der Waals surface area contributed by atoms with Crippen LogP contribution in [-0.2, 0) is 6.61 Å². The highest BCUT2D eigenvalue weighted by atomic mass is 16.5. The van der Waals surface area contributed by atoms with Crippen LogP contribution in [0.2, 0.25) is 0 Å². The Morgan fingerprint density at radius 2 is 2.00 bits per heavy atom. The summed E-state index contributed by atoms with van der Waals surface area (Å²) in [6.45, 7) is 1.66. The van der Waals surface area contributed by atoms with E-state index < -0.39 is 0 Å². The van der Waals surface area contributed by atoms with Gasteiger partial charge in [-0.15, -0.1) is 0 Å². The normalized spacial score (nSPS) is 10.6. The molecule has 2 aromatic heterocycles. The zero-order valence-corrected chi connectivity index (χ0v) is 16.9. The molecule has 0 saturated heterocycles. The molecule has 3 N–H and O–H groups in total. The fraction of sp³-hybridized carbons (Fsp3) is 0.286. The Kier molecular flexibility index (Phi) is 6.94. The van der Waals surface area contributed by atoms with Crippen molar-refractivity contribution in [1.29, 1.82) is 0 Å². The Labute approximate surface area is 170 Å². The molecule has 3 aromatic rings. The number of rotatable bonds is 9. The number of nitrogens with zero attached hydrogens (tertiary/aromatic N) is 4. The summed E-state index contributed by atoms with van der Waals surface area (Å²) in [4.78, 5) is 15.5. The van der Waals surface area contributed by atoms with Crippen molar-refractivity contribution in [1.82, 2.24) is 20.3 Å². The Morgan fingerprint density at radius 1 is 1.14 bits per heavy atom. The average molecular weight is 394 g/mol. The Bertz CT molecular complexity index is 933. The molecule has 0 spiro atoms. The molecule has 0 saturated carbocycles. The average Bonchev–Trinajstić information content (AvgIpc) is 2.77. The third-order valence-electron chi connectivity index (χ3n) is 4.49. The first kappa shape index (κ1) is 20.5. The van der Waals surface area contributed by atoms with Crippen LogP contribution in [-0.4, -0.2) is 54.4 Å². The SMILES string of the molecule is CNCCN(C)c1ccc(-c2ccnc(Nc3ccc(OC)c(CO)c3)n2)cn1. The van der Waals surface area contributed by atoms with E-state index in [1.165, 1.54) is 0 Å². The van der Waals surface area contributed by atoms with Crippen LogP contribution < -0.4 is 20.3 Å². The summed E-state index contributed by atoms with van der Waals surface area (Å²) in [6.07, 6.45) is 3.52. The molecule has 0 bridgehead atoms. The van der Waals surface area contributed by atoms with Crippen molar-refractivity contribution >= 4 is 17.5 Å². The lowest BCUT2D eigenvalue weighted by molar-refractivity contribution is 0.274. The second-order valence-electron chi connectivity index (χ2n) is 6.51. The Morgan fingerprint density at radius 3 is 2.69 bits per heavy atom. The van der Waals surface area contributed by atoms with Gasteiger partial charge in [0.2, 0.25) is 5.95 Å². The quantitative estimate of drug-likeness (QED) is 0.509. The zero-order chi connectivity index (χ0) is 20.6. The Balaban J connectivity index is 1.76. The molecule has 0 aliphatic heterocycles. The molecule has 3 rings (SSSR count). The summed E-state index contributed by atoms with van der Waals surface area (Å²) in [5.41, 5.74) is 3.14. The maximum absolute atomic E-state index is 9.49. The minimum Gasteiger partial charge on any atom is -0.496 e. The van der Waals surface area contributed by atoms with Crippen LogP contribution in [0.5, 0.6) is 5.75 Å². The van der Waals surface area contributed by atoms with Crippen molar-refractivity contribution in [2.45, 2.75) is 6.61 Å². The first-order chi connectivity index (χ1) is 14.1. The fourth-order valence-corrected chi connectivity index (χ4v) is 2.85. The molecule has 8 nitrogen and oxygen atoms in total. The van der Waals surface area contributed by atoms with E-state index in [1.54, 1.807) is 19.4 Å². The van der Waals surface area contributed by atoms with Gasteiger partial charge in [-0.3, -0.25) is 0 Å². The van der Waals surface area contributed by atoms with Gasteiger partial charge < -0.3 is 25.4 Å². The van der Waals surface area contributed by atoms with Gasteiger partial charge in [0.25, 0.3) is 0 Å². The number of aliphatic hydroxyl groups is 1. The minimum atomic E-state index is -0.111. The lowest BCUT2D eigenvalue weighted by atomic mass is 10.2. The van der Waals surface area contributed by atoms with E-state index in [0.29, 0.717) is 17.3 Å². The van der Waals surface area contributed by atoms with Gasteiger partial charge in [0, 0.05) is 49.3 Å². The molecule has 0 amide bonds. The van der Waals surface area contributed by atoms with E-state index in [1.807, 2.05) is 50.6 Å². The number of aliphatic hydroxyl groups excluding tert-OH is 1. The van der Waals surface area contributed by atoms with E-state index in [4.69, 9.17) is 4.74 Å². The van der Waals surface area contributed by atoms with Gasteiger partial charge >= 0.3 is 0 Å². The number of methoxy groups -OCH3 is 1. The lowest BCUT2D eigenvalue weighted by Gasteiger charge is -2.17. The van der Waals surface area contributed by atoms with Crippen LogP contribution in [0.1, 0.15) is 5.56 Å². The number of pyridine rings is 1. The summed E-state index contributed by atoms with van der Waals surface area (Å²) in [5, 5.41) is 15.8. The molecular formula is C21H26N6O2. The van der Waals surface area contributed by atoms with Crippen molar-refractivity contribution in [2.75, 3.05) is 44.5 Å². The maximum atomic E-state index is 9.49. The van der Waals surface area contributed by atoms with E-state index in [0.717, 1.165) is 35.9 Å². The van der Waals surface area contributed by atoms with Crippen molar-refractivity contribution in [2.24, 2.45) is 0 Å². The molecule has 2 heterocycles. The van der Waals surface area contributed by atoms with Gasteiger partial charge in [0.1, 0.15) is 11.6 Å². The first-order valence-electron chi connectivity index (χ1n) is 9.34. The number of ether oxygens (including phenoxy) is 1. The number of anilines is 3. The molecule has 0 radical (unpaired) electrons. The first-order valence-corrected chi connectivity index (χ1v) is 9.34. The molecule has 0 aliphatic rings. The number of hydrogen-bond acceptors (Lipinski definition) is 8. The number of hydrogen-bond donors (Lipinski definition) is 3. The number of likely N-dealkylation sites (N-methyl/N-ethyl adjacent to an activating group) is 2. The highest BCUT2D eigenvalue weighted by Crippen LogP contribution is 2.25. The Hall–Kier alpha value is -3.23. The lowest BCUT2D eigenvalue weighted by Crippen LogP contribution is -2.27. The molecule has 8 heteroatoms. The van der Waals surface area contributed by atoms with Crippen molar-refractivity contribution in [3.63, 3.8) is 0 Å². The minimum absolute atomic E-state index is 0.111. The van der Waals surface area contributed by atoms with Gasteiger partial charge in [-0.2, -0.15) is 0 Å². The predicted molar refractivity (Wildman–Crippen MR) is 115 cm³/mol. The molecule has 0 aliphatic carbocycles. The predicted octanol–water partition coefficient (Wildman–Crippen LogP) is 2.44. The largest absolute Gasteiger partial charge is 0.496 e. The molecular weight excluding hydrogens is 368 g/mol. The van der Waals surface area contributed by atoms with Gasteiger partial charge in [0.15, 0.2) is 0 Å². The second-order valence-corrected chi connectivity index (χ2v) is 6.51. The van der Waals surface area contributed by atoms with Crippen LogP contribution in [0.15, 0.2) is 48.8 Å². The van der Waals surface area contributed by atoms with Crippen molar-refractivity contribution in [3.05, 3.63) is 54.4 Å². The topological polar surface area (TPSA) is 95.4 Å². The van der Waals surface area contributed by atoms with E-state index in [2.05, 4.69) is 30.5 Å². The molecule has 0 fully saturated rings. The molecule has 29 heavy (non-hydrogen) atoms. The van der Waals surface area contributed by atoms with Gasteiger partial charge in [-0.25, -0.2) is 15.0 Å². The van der Waals surface area contributed by atoms with Crippen molar-refractivity contribution < 1.29 is 9.84 Å². The molecule has 1 aromatic carbocycles. The smallest absolute Gasteiger partial charge is 0.227 e.